The minimum atomic E-state index is -5.01. The van der Waals surface area contributed by atoms with E-state index in [0.29, 0.717) is 6.29 Å². The van der Waals surface area contributed by atoms with Crippen LogP contribution in [0.4, 0.5) is 4.39 Å². The summed E-state index contributed by atoms with van der Waals surface area (Å²) in [6.45, 7) is 1.49. The second-order valence-corrected chi connectivity index (χ2v) is 10.2. The van der Waals surface area contributed by atoms with Crippen molar-refractivity contribution in [1.82, 2.24) is 0 Å². The van der Waals surface area contributed by atoms with E-state index in [2.05, 4.69) is 0 Å². The Labute approximate surface area is 158 Å². The molecule has 144 valence electrons. The van der Waals surface area contributed by atoms with E-state index < -0.39 is 46.1 Å². The van der Waals surface area contributed by atoms with Crippen molar-refractivity contribution in [2.45, 2.75) is 27.5 Å². The highest BCUT2D eigenvalue weighted by Crippen LogP contribution is 2.44. The molecule has 0 aliphatic rings. The van der Waals surface area contributed by atoms with Crippen LogP contribution in [0.5, 0.6) is 0 Å². The van der Waals surface area contributed by atoms with Gasteiger partial charge in [-0.05, 0) is 31.2 Å². The Hall–Kier alpha value is -2.32. The normalized spacial score (nSPS) is 14.1. The quantitative estimate of drug-likeness (QED) is 0.492. The lowest BCUT2D eigenvalue weighted by Gasteiger charge is -2.30. The van der Waals surface area contributed by atoms with Gasteiger partial charge in [-0.15, -0.1) is 0 Å². The second kappa shape index (κ2) is 8.14. The number of aldehydes is 1. The molecule has 0 saturated heterocycles. The molecule has 0 aliphatic heterocycles. The molecule has 0 fully saturated rings. The molecule has 2 aromatic carbocycles. The SMILES string of the molecule is C/C=C/[C@H](CC=O)C(F)(S(=O)(=O)c1ccccc1)S(=O)(=O)c1ccccc1. The molecule has 0 radical (unpaired) electrons. The van der Waals surface area contributed by atoms with Gasteiger partial charge in [-0.1, -0.05) is 48.6 Å². The van der Waals surface area contributed by atoms with Crippen molar-refractivity contribution in [3.63, 3.8) is 0 Å². The summed E-state index contributed by atoms with van der Waals surface area (Å²) in [5.41, 5.74) is 0. The fourth-order valence-electron chi connectivity index (χ4n) is 2.73. The van der Waals surface area contributed by atoms with Crippen molar-refractivity contribution < 1.29 is 26.0 Å². The molecule has 0 unspecified atom stereocenters. The fraction of sp³-hybridized carbons (Fsp3) is 0.211. The Morgan fingerprint density at radius 1 is 0.889 bits per heavy atom. The fourth-order valence-corrected chi connectivity index (χ4v) is 7.29. The highest BCUT2D eigenvalue weighted by molar-refractivity contribution is 8.10. The third kappa shape index (κ3) is 3.59. The highest BCUT2D eigenvalue weighted by atomic mass is 32.3. The molecule has 27 heavy (non-hydrogen) atoms. The van der Waals surface area contributed by atoms with Crippen LogP contribution < -0.4 is 0 Å². The van der Waals surface area contributed by atoms with Gasteiger partial charge < -0.3 is 4.79 Å². The standard InChI is InChI=1S/C19H19FO5S2/c1-2-9-16(14-15-21)19(20,26(22,23)17-10-5-3-6-11-17)27(24,25)18-12-7-4-8-13-18/h2-13,15-16H,14H2,1H3/b9-2+/t16-/m1/s1. The molecule has 0 saturated carbocycles. The van der Waals surface area contributed by atoms with Crippen LogP contribution in [0.3, 0.4) is 0 Å². The lowest BCUT2D eigenvalue weighted by atomic mass is 10.1. The summed E-state index contributed by atoms with van der Waals surface area (Å²) in [7, 11) is -10.0. The summed E-state index contributed by atoms with van der Waals surface area (Å²) < 4.78 is 65.3. The van der Waals surface area contributed by atoms with Gasteiger partial charge in [0.1, 0.15) is 6.29 Å². The predicted octanol–water partition coefficient (Wildman–Crippen LogP) is 3.34. The van der Waals surface area contributed by atoms with E-state index in [-0.39, 0.29) is 0 Å². The minimum Gasteiger partial charge on any atom is -0.303 e. The number of hydrogen-bond acceptors (Lipinski definition) is 5. The number of carbonyl (C=O) groups is 1. The van der Waals surface area contributed by atoms with Crippen molar-refractivity contribution in [2.75, 3.05) is 0 Å². The van der Waals surface area contributed by atoms with Crippen LogP contribution >= 0.6 is 0 Å². The number of sulfone groups is 2. The van der Waals surface area contributed by atoms with Crippen molar-refractivity contribution in [1.29, 1.82) is 0 Å². The van der Waals surface area contributed by atoms with Crippen molar-refractivity contribution in [3.05, 3.63) is 72.8 Å². The molecule has 0 spiro atoms. The van der Waals surface area contributed by atoms with Gasteiger partial charge in [-0.2, -0.15) is 0 Å². The zero-order chi connectivity index (χ0) is 20.1. The van der Waals surface area contributed by atoms with Gasteiger partial charge in [-0.25, -0.2) is 21.2 Å². The van der Waals surface area contributed by atoms with Crippen molar-refractivity contribution in [2.24, 2.45) is 5.92 Å². The van der Waals surface area contributed by atoms with E-state index in [4.69, 9.17) is 0 Å². The summed E-state index contributed by atoms with van der Waals surface area (Å²) in [4.78, 5) is 10.1. The van der Waals surface area contributed by atoms with E-state index in [1.54, 1.807) is 0 Å². The van der Waals surface area contributed by atoms with E-state index in [9.17, 15) is 21.6 Å². The molecule has 2 aromatic rings. The molecule has 0 aromatic heterocycles. The van der Waals surface area contributed by atoms with E-state index in [0.717, 1.165) is 30.3 Å². The van der Waals surface area contributed by atoms with Gasteiger partial charge in [0.05, 0.1) is 9.79 Å². The first-order valence-corrected chi connectivity index (χ1v) is 11.0. The Bertz CT molecular complexity index is 945. The Morgan fingerprint density at radius 2 is 1.30 bits per heavy atom. The highest BCUT2D eigenvalue weighted by Gasteiger charge is 2.61. The first-order chi connectivity index (χ1) is 12.7. The summed E-state index contributed by atoms with van der Waals surface area (Å²) in [5, 5.41) is 0. The van der Waals surface area contributed by atoms with E-state index in [1.807, 2.05) is 0 Å². The maximum absolute atomic E-state index is 16.4. The maximum atomic E-state index is 16.4. The van der Waals surface area contributed by atoms with Crippen LogP contribution in [0.25, 0.3) is 0 Å². The summed E-state index contributed by atoms with van der Waals surface area (Å²) in [6, 6.07) is 13.0. The first-order valence-electron chi connectivity index (χ1n) is 8.08. The molecule has 0 bridgehead atoms. The van der Waals surface area contributed by atoms with E-state index in [1.165, 1.54) is 49.4 Å². The van der Waals surface area contributed by atoms with Gasteiger partial charge in [-0.3, -0.25) is 0 Å². The van der Waals surface area contributed by atoms with Crippen LogP contribution in [0, 0.1) is 5.92 Å². The van der Waals surface area contributed by atoms with Crippen LogP contribution in [0.1, 0.15) is 13.3 Å². The van der Waals surface area contributed by atoms with E-state index >= 15 is 4.39 Å². The molecular formula is C19H19FO5S2. The Balaban J connectivity index is 2.87. The zero-order valence-corrected chi connectivity index (χ0v) is 16.2. The average Bonchev–Trinajstić information content (AvgIpc) is 2.68. The summed E-state index contributed by atoms with van der Waals surface area (Å²) >= 11 is 0. The number of benzene rings is 2. The van der Waals surface area contributed by atoms with Crippen LogP contribution in [-0.2, 0) is 24.5 Å². The third-order valence-electron chi connectivity index (χ3n) is 4.06. The molecule has 0 aliphatic carbocycles. The predicted molar refractivity (Wildman–Crippen MR) is 100 cm³/mol. The number of rotatable bonds is 8. The van der Waals surface area contributed by atoms with Gasteiger partial charge in [0.15, 0.2) is 0 Å². The number of alkyl halides is 1. The molecule has 0 heterocycles. The molecule has 0 amide bonds. The molecule has 1 atom stereocenters. The number of carbonyl (C=O) groups excluding carboxylic acids is 1. The first kappa shape index (κ1) is 21.0. The maximum Gasteiger partial charge on any atom is 0.324 e. The monoisotopic (exact) mass is 410 g/mol. The lowest BCUT2D eigenvalue weighted by molar-refractivity contribution is -0.108. The molecular weight excluding hydrogens is 391 g/mol. The number of halogens is 1. The topological polar surface area (TPSA) is 85.3 Å². The van der Waals surface area contributed by atoms with Crippen LogP contribution in [0.2, 0.25) is 0 Å². The van der Waals surface area contributed by atoms with Gasteiger partial charge in [0.2, 0.25) is 19.7 Å². The van der Waals surface area contributed by atoms with Crippen LogP contribution in [0.15, 0.2) is 82.6 Å². The molecule has 2 rings (SSSR count). The van der Waals surface area contributed by atoms with Gasteiger partial charge in [0, 0.05) is 12.3 Å². The average molecular weight is 410 g/mol. The minimum absolute atomic E-state index is 0.306. The third-order valence-corrected chi connectivity index (χ3v) is 9.23. The smallest absolute Gasteiger partial charge is 0.303 e. The number of allylic oxidation sites excluding steroid dienone is 2. The molecule has 0 N–H and O–H groups in total. The zero-order valence-electron chi connectivity index (χ0n) is 14.5. The summed E-state index contributed by atoms with van der Waals surface area (Å²) in [5.74, 6) is -1.71. The van der Waals surface area contributed by atoms with Gasteiger partial charge >= 0.3 is 4.33 Å². The second-order valence-electron chi connectivity index (χ2n) is 5.75. The van der Waals surface area contributed by atoms with Crippen molar-refractivity contribution in [3.8, 4) is 0 Å². The molecule has 8 heteroatoms. The van der Waals surface area contributed by atoms with Crippen molar-refractivity contribution >= 4 is 26.0 Å². The molecule has 5 nitrogen and oxygen atoms in total. The largest absolute Gasteiger partial charge is 0.324 e. The number of hydrogen-bond donors (Lipinski definition) is 0. The Morgan fingerprint density at radius 3 is 1.63 bits per heavy atom. The van der Waals surface area contributed by atoms with Gasteiger partial charge in [0.25, 0.3) is 0 Å². The summed E-state index contributed by atoms with van der Waals surface area (Å²) in [6.07, 6.45) is 2.11. The lowest BCUT2D eigenvalue weighted by Crippen LogP contribution is -2.48. The Kier molecular flexibility index (Phi) is 6.33. The van der Waals surface area contributed by atoms with Crippen LogP contribution in [-0.4, -0.2) is 27.5 Å².